The third kappa shape index (κ3) is 1.79. The second-order valence-corrected chi connectivity index (χ2v) is 3.25. The molecular formula is C9H5F4N5. The number of nitrogens with two attached hydrogens (primary N) is 2. The molecule has 0 saturated carbocycles. The van der Waals surface area contributed by atoms with E-state index < -0.39 is 40.3 Å². The fraction of sp³-hybridized carbons (Fsp3) is 0. The van der Waals surface area contributed by atoms with Gasteiger partial charge in [0.05, 0.1) is 5.56 Å². The van der Waals surface area contributed by atoms with Gasteiger partial charge < -0.3 is 11.5 Å². The summed E-state index contributed by atoms with van der Waals surface area (Å²) in [7, 11) is 0. The first-order valence-electron chi connectivity index (χ1n) is 4.51. The Balaban J connectivity index is 2.78. The molecule has 2 rings (SSSR count). The minimum Gasteiger partial charge on any atom is -0.382 e. The van der Waals surface area contributed by atoms with Gasteiger partial charge in [0.15, 0.2) is 29.1 Å². The van der Waals surface area contributed by atoms with Crippen molar-refractivity contribution in [2.24, 2.45) is 0 Å². The van der Waals surface area contributed by atoms with Gasteiger partial charge in [0.2, 0.25) is 5.95 Å². The Morgan fingerprint density at radius 1 is 0.889 bits per heavy atom. The Kier molecular flexibility index (Phi) is 2.73. The van der Waals surface area contributed by atoms with Crippen LogP contribution in [0.5, 0.6) is 0 Å². The maximum absolute atomic E-state index is 13.4. The molecule has 0 atom stereocenters. The minimum absolute atomic E-state index is 0.0719. The van der Waals surface area contributed by atoms with Crippen LogP contribution in [0.15, 0.2) is 6.07 Å². The average Bonchev–Trinajstić information content (AvgIpc) is 2.29. The molecule has 18 heavy (non-hydrogen) atoms. The van der Waals surface area contributed by atoms with Gasteiger partial charge in [-0.05, 0) is 0 Å². The topological polar surface area (TPSA) is 90.7 Å². The molecule has 1 heterocycles. The molecule has 0 aliphatic rings. The van der Waals surface area contributed by atoms with E-state index in [2.05, 4.69) is 15.2 Å². The standard InChI is InChI=1S/C9H5F4N5/c10-2-1-3(11)6(13)4(5(2)12)7-8(14)16-9(15)18-17-7/h1H,(H4,14,15,16,18). The van der Waals surface area contributed by atoms with Crippen molar-refractivity contribution in [3.63, 3.8) is 0 Å². The van der Waals surface area contributed by atoms with Gasteiger partial charge in [0.1, 0.15) is 5.69 Å². The lowest BCUT2D eigenvalue weighted by atomic mass is 10.1. The van der Waals surface area contributed by atoms with Crippen molar-refractivity contribution in [3.05, 3.63) is 29.3 Å². The number of aromatic nitrogens is 3. The molecule has 1 aromatic carbocycles. The summed E-state index contributed by atoms with van der Waals surface area (Å²) in [4.78, 5) is 3.40. The van der Waals surface area contributed by atoms with Crippen LogP contribution in [0, 0.1) is 23.3 Å². The van der Waals surface area contributed by atoms with Crippen LogP contribution in [-0.2, 0) is 0 Å². The largest absolute Gasteiger partial charge is 0.382 e. The van der Waals surface area contributed by atoms with Crippen LogP contribution >= 0.6 is 0 Å². The summed E-state index contributed by atoms with van der Waals surface area (Å²) < 4.78 is 52.9. The zero-order valence-corrected chi connectivity index (χ0v) is 8.59. The van der Waals surface area contributed by atoms with Crippen molar-refractivity contribution >= 4 is 11.8 Å². The predicted octanol–water partition coefficient (Wildman–Crippen LogP) is 1.26. The average molecular weight is 259 g/mol. The monoisotopic (exact) mass is 259 g/mol. The van der Waals surface area contributed by atoms with E-state index in [0.29, 0.717) is 0 Å². The molecule has 4 N–H and O–H groups in total. The number of anilines is 2. The Labute approximate surface area is 97.5 Å². The fourth-order valence-electron chi connectivity index (χ4n) is 1.31. The molecule has 0 fully saturated rings. The smallest absolute Gasteiger partial charge is 0.242 e. The molecule has 9 heteroatoms. The van der Waals surface area contributed by atoms with Gasteiger partial charge in [-0.3, -0.25) is 0 Å². The third-order valence-electron chi connectivity index (χ3n) is 2.08. The lowest BCUT2D eigenvalue weighted by Crippen LogP contribution is -2.08. The molecule has 2 aromatic rings. The van der Waals surface area contributed by atoms with Gasteiger partial charge >= 0.3 is 0 Å². The van der Waals surface area contributed by atoms with E-state index in [-0.39, 0.29) is 12.0 Å². The quantitative estimate of drug-likeness (QED) is 0.594. The van der Waals surface area contributed by atoms with E-state index in [0.717, 1.165) is 0 Å². The van der Waals surface area contributed by atoms with Crippen LogP contribution in [0.1, 0.15) is 0 Å². The van der Waals surface area contributed by atoms with Crippen LogP contribution < -0.4 is 11.5 Å². The number of rotatable bonds is 1. The van der Waals surface area contributed by atoms with Crippen molar-refractivity contribution in [3.8, 4) is 11.3 Å². The molecule has 0 aliphatic heterocycles. The highest BCUT2D eigenvalue weighted by atomic mass is 19.2. The summed E-state index contributed by atoms with van der Waals surface area (Å²) in [5.41, 5.74) is 8.75. The minimum atomic E-state index is -1.64. The zero-order valence-electron chi connectivity index (χ0n) is 8.59. The maximum Gasteiger partial charge on any atom is 0.242 e. The molecule has 0 aliphatic carbocycles. The molecule has 5 nitrogen and oxygen atoms in total. The lowest BCUT2D eigenvalue weighted by Gasteiger charge is -2.07. The maximum atomic E-state index is 13.4. The van der Waals surface area contributed by atoms with E-state index >= 15 is 0 Å². The summed E-state index contributed by atoms with van der Waals surface area (Å²) in [6.07, 6.45) is 0. The van der Waals surface area contributed by atoms with Gasteiger partial charge in [-0.1, -0.05) is 0 Å². The zero-order chi connectivity index (χ0) is 13.4. The Bertz CT molecular complexity index is 605. The van der Waals surface area contributed by atoms with E-state index in [1.54, 1.807) is 0 Å². The van der Waals surface area contributed by atoms with Crippen molar-refractivity contribution in [2.45, 2.75) is 0 Å². The highest BCUT2D eigenvalue weighted by Gasteiger charge is 2.24. The molecule has 94 valence electrons. The number of nitrogen functional groups attached to an aromatic ring is 2. The highest BCUT2D eigenvalue weighted by molar-refractivity contribution is 5.71. The second-order valence-electron chi connectivity index (χ2n) is 3.25. The van der Waals surface area contributed by atoms with Crippen molar-refractivity contribution in [1.82, 2.24) is 15.2 Å². The van der Waals surface area contributed by atoms with E-state index in [1.165, 1.54) is 0 Å². The van der Waals surface area contributed by atoms with Crippen molar-refractivity contribution in [2.75, 3.05) is 11.5 Å². The fourth-order valence-corrected chi connectivity index (χ4v) is 1.31. The van der Waals surface area contributed by atoms with Gasteiger partial charge in [-0.2, -0.15) is 4.98 Å². The Hall–Kier alpha value is -2.45. The summed E-state index contributed by atoms with van der Waals surface area (Å²) >= 11 is 0. The van der Waals surface area contributed by atoms with E-state index in [9.17, 15) is 17.6 Å². The number of hydrogen-bond donors (Lipinski definition) is 2. The molecule has 0 spiro atoms. The number of halogens is 4. The molecule has 1 aromatic heterocycles. The molecule has 0 amide bonds. The van der Waals surface area contributed by atoms with Crippen LogP contribution in [0.4, 0.5) is 29.3 Å². The van der Waals surface area contributed by atoms with Gasteiger partial charge in [0, 0.05) is 6.07 Å². The summed E-state index contributed by atoms with van der Waals surface area (Å²) in [5, 5.41) is 6.49. The molecule has 0 unspecified atom stereocenters. The highest BCUT2D eigenvalue weighted by Crippen LogP contribution is 2.30. The molecule has 0 bridgehead atoms. The Morgan fingerprint density at radius 2 is 1.44 bits per heavy atom. The first-order chi connectivity index (χ1) is 8.41. The summed E-state index contributed by atoms with van der Waals surface area (Å²) in [6.45, 7) is 0. The first-order valence-corrected chi connectivity index (χ1v) is 4.51. The molecule has 0 radical (unpaired) electrons. The molecule has 0 saturated heterocycles. The van der Waals surface area contributed by atoms with Crippen molar-refractivity contribution in [1.29, 1.82) is 0 Å². The normalized spacial score (nSPS) is 10.7. The predicted molar refractivity (Wildman–Crippen MR) is 53.9 cm³/mol. The van der Waals surface area contributed by atoms with Crippen LogP contribution in [-0.4, -0.2) is 15.2 Å². The SMILES string of the molecule is Nc1nnc(-c2c(F)c(F)cc(F)c2F)c(N)n1. The van der Waals surface area contributed by atoms with Crippen LogP contribution in [0.2, 0.25) is 0 Å². The van der Waals surface area contributed by atoms with Crippen LogP contribution in [0.25, 0.3) is 11.3 Å². The third-order valence-corrected chi connectivity index (χ3v) is 2.08. The van der Waals surface area contributed by atoms with Gasteiger partial charge in [-0.15, -0.1) is 10.2 Å². The first kappa shape index (κ1) is 12.0. The molecular weight excluding hydrogens is 254 g/mol. The number of benzene rings is 1. The number of hydrogen-bond acceptors (Lipinski definition) is 5. The number of nitrogens with zero attached hydrogens (tertiary/aromatic N) is 3. The lowest BCUT2D eigenvalue weighted by molar-refractivity contribution is 0.457. The summed E-state index contributed by atoms with van der Waals surface area (Å²) in [6, 6.07) is 0.0719. The van der Waals surface area contributed by atoms with E-state index in [4.69, 9.17) is 11.5 Å². The van der Waals surface area contributed by atoms with E-state index in [1.807, 2.05) is 0 Å². The second kappa shape index (κ2) is 4.09. The Morgan fingerprint density at radius 3 is 1.94 bits per heavy atom. The van der Waals surface area contributed by atoms with Crippen LogP contribution in [0.3, 0.4) is 0 Å². The summed E-state index contributed by atoms with van der Waals surface area (Å²) in [5.74, 6) is -7.27. The van der Waals surface area contributed by atoms with Crippen molar-refractivity contribution < 1.29 is 17.6 Å². The van der Waals surface area contributed by atoms with Gasteiger partial charge in [0.25, 0.3) is 0 Å². The van der Waals surface area contributed by atoms with Gasteiger partial charge in [-0.25, -0.2) is 17.6 Å².